The standard InChI is InChI=1S/C16H22ClN5/c1-12(2)6-8-19-16-21-15(11-20-22-16)18-9-7-13-4-3-5-14(17)10-13/h3-5,10-12H,6-9H2,1-2H3,(H2,18,19,21,22). The molecular formula is C16H22ClN5. The van der Waals surface area contributed by atoms with E-state index >= 15 is 0 Å². The molecule has 0 aliphatic rings. The highest BCUT2D eigenvalue weighted by Gasteiger charge is 2.01. The van der Waals surface area contributed by atoms with Crippen molar-refractivity contribution in [3.8, 4) is 0 Å². The lowest BCUT2D eigenvalue weighted by Crippen LogP contribution is -2.11. The van der Waals surface area contributed by atoms with E-state index in [9.17, 15) is 0 Å². The van der Waals surface area contributed by atoms with Crippen LogP contribution in [0.4, 0.5) is 11.8 Å². The summed E-state index contributed by atoms with van der Waals surface area (Å²) in [6.45, 7) is 6.00. The third-order valence-corrected chi connectivity index (χ3v) is 3.41. The predicted octanol–water partition coefficient (Wildman–Crippen LogP) is 3.64. The summed E-state index contributed by atoms with van der Waals surface area (Å²) in [6.07, 6.45) is 3.59. The number of rotatable bonds is 8. The van der Waals surface area contributed by atoms with Gasteiger partial charge in [-0.3, -0.25) is 0 Å². The van der Waals surface area contributed by atoms with Gasteiger partial charge in [0.15, 0.2) is 5.82 Å². The van der Waals surface area contributed by atoms with E-state index in [1.807, 2.05) is 18.2 Å². The molecule has 1 aromatic carbocycles. The van der Waals surface area contributed by atoms with Crippen LogP contribution in [0.1, 0.15) is 25.8 Å². The van der Waals surface area contributed by atoms with Gasteiger partial charge in [0.05, 0.1) is 6.20 Å². The van der Waals surface area contributed by atoms with Gasteiger partial charge in [0, 0.05) is 18.1 Å². The van der Waals surface area contributed by atoms with Crippen molar-refractivity contribution in [2.45, 2.75) is 26.7 Å². The van der Waals surface area contributed by atoms with Crippen LogP contribution >= 0.6 is 11.6 Å². The Labute approximate surface area is 136 Å². The molecule has 2 aromatic rings. The molecule has 0 unspecified atom stereocenters. The highest BCUT2D eigenvalue weighted by atomic mass is 35.5. The molecule has 1 heterocycles. The van der Waals surface area contributed by atoms with Crippen molar-refractivity contribution in [1.82, 2.24) is 15.2 Å². The molecule has 0 fully saturated rings. The molecule has 118 valence electrons. The Kier molecular flexibility index (Phi) is 6.40. The molecule has 5 nitrogen and oxygen atoms in total. The van der Waals surface area contributed by atoms with Gasteiger partial charge in [0.2, 0.25) is 5.95 Å². The number of hydrogen-bond acceptors (Lipinski definition) is 5. The highest BCUT2D eigenvalue weighted by Crippen LogP contribution is 2.11. The van der Waals surface area contributed by atoms with Crippen LogP contribution in [-0.2, 0) is 6.42 Å². The second-order valence-corrected chi connectivity index (χ2v) is 6.02. The van der Waals surface area contributed by atoms with Crippen molar-refractivity contribution in [2.75, 3.05) is 23.7 Å². The van der Waals surface area contributed by atoms with Gasteiger partial charge in [-0.25, -0.2) is 0 Å². The quantitative estimate of drug-likeness (QED) is 0.778. The second kappa shape index (κ2) is 8.54. The van der Waals surface area contributed by atoms with Gasteiger partial charge >= 0.3 is 0 Å². The molecule has 0 saturated heterocycles. The van der Waals surface area contributed by atoms with Crippen LogP contribution in [0.5, 0.6) is 0 Å². The molecule has 6 heteroatoms. The highest BCUT2D eigenvalue weighted by molar-refractivity contribution is 6.30. The average molecular weight is 320 g/mol. The molecule has 0 radical (unpaired) electrons. The molecule has 0 bridgehead atoms. The molecule has 1 aromatic heterocycles. The Bertz CT molecular complexity index is 588. The van der Waals surface area contributed by atoms with Crippen molar-refractivity contribution >= 4 is 23.4 Å². The van der Waals surface area contributed by atoms with Crippen LogP contribution in [0.25, 0.3) is 0 Å². The Morgan fingerprint density at radius 3 is 2.82 bits per heavy atom. The van der Waals surface area contributed by atoms with Gasteiger partial charge in [-0.15, -0.1) is 5.10 Å². The normalized spacial score (nSPS) is 10.7. The molecule has 22 heavy (non-hydrogen) atoms. The van der Waals surface area contributed by atoms with Crippen LogP contribution < -0.4 is 10.6 Å². The Hall–Kier alpha value is -1.88. The Balaban J connectivity index is 1.80. The molecule has 0 aliphatic heterocycles. The topological polar surface area (TPSA) is 62.7 Å². The monoisotopic (exact) mass is 319 g/mol. The van der Waals surface area contributed by atoms with Crippen molar-refractivity contribution < 1.29 is 0 Å². The van der Waals surface area contributed by atoms with Crippen molar-refractivity contribution in [3.63, 3.8) is 0 Å². The molecule has 0 saturated carbocycles. The van der Waals surface area contributed by atoms with Crippen LogP contribution in [-0.4, -0.2) is 28.3 Å². The van der Waals surface area contributed by atoms with Crippen LogP contribution in [0.3, 0.4) is 0 Å². The van der Waals surface area contributed by atoms with Gasteiger partial charge in [0.25, 0.3) is 0 Å². The molecule has 2 N–H and O–H groups in total. The number of aromatic nitrogens is 3. The molecule has 0 atom stereocenters. The lowest BCUT2D eigenvalue weighted by molar-refractivity contribution is 0.605. The predicted molar refractivity (Wildman–Crippen MR) is 91.4 cm³/mol. The maximum Gasteiger partial charge on any atom is 0.244 e. The summed E-state index contributed by atoms with van der Waals surface area (Å²) >= 11 is 5.97. The van der Waals surface area contributed by atoms with Gasteiger partial charge < -0.3 is 10.6 Å². The Morgan fingerprint density at radius 1 is 1.18 bits per heavy atom. The summed E-state index contributed by atoms with van der Waals surface area (Å²) in [5.41, 5.74) is 1.19. The van der Waals surface area contributed by atoms with Gasteiger partial charge in [0.1, 0.15) is 0 Å². The largest absolute Gasteiger partial charge is 0.368 e. The molecule has 0 spiro atoms. The van der Waals surface area contributed by atoms with E-state index in [0.29, 0.717) is 11.9 Å². The van der Waals surface area contributed by atoms with Crippen LogP contribution in [0.2, 0.25) is 5.02 Å². The SMILES string of the molecule is CC(C)CCNc1nncc(NCCc2cccc(Cl)c2)n1. The number of halogens is 1. The number of nitrogens with one attached hydrogen (secondary N) is 2. The summed E-state index contributed by atoms with van der Waals surface area (Å²) in [5.74, 6) is 1.94. The molecule has 0 aliphatic carbocycles. The average Bonchev–Trinajstić information content (AvgIpc) is 2.47. The van der Waals surface area contributed by atoms with Crippen molar-refractivity contribution in [3.05, 3.63) is 41.0 Å². The molecule has 0 amide bonds. The summed E-state index contributed by atoms with van der Waals surface area (Å²) < 4.78 is 0. The van der Waals surface area contributed by atoms with Crippen molar-refractivity contribution in [2.24, 2.45) is 5.92 Å². The summed E-state index contributed by atoms with van der Waals surface area (Å²) in [6, 6.07) is 7.87. The smallest absolute Gasteiger partial charge is 0.244 e. The Morgan fingerprint density at radius 2 is 2.05 bits per heavy atom. The zero-order valence-corrected chi connectivity index (χ0v) is 13.8. The number of nitrogens with zero attached hydrogens (tertiary/aromatic N) is 3. The van der Waals surface area contributed by atoms with Crippen LogP contribution in [0, 0.1) is 5.92 Å². The first-order valence-corrected chi connectivity index (χ1v) is 7.93. The summed E-state index contributed by atoms with van der Waals surface area (Å²) in [5, 5.41) is 15.2. The third kappa shape index (κ3) is 5.85. The maximum atomic E-state index is 5.97. The lowest BCUT2D eigenvalue weighted by Gasteiger charge is -2.08. The minimum absolute atomic E-state index is 0.563. The van der Waals surface area contributed by atoms with Crippen molar-refractivity contribution in [1.29, 1.82) is 0 Å². The fourth-order valence-electron chi connectivity index (χ4n) is 1.96. The van der Waals surface area contributed by atoms with E-state index in [0.717, 1.165) is 36.8 Å². The van der Waals surface area contributed by atoms with Gasteiger partial charge in [-0.05, 0) is 36.5 Å². The zero-order valence-electron chi connectivity index (χ0n) is 13.0. The third-order valence-electron chi connectivity index (χ3n) is 3.17. The van der Waals surface area contributed by atoms with E-state index in [4.69, 9.17) is 11.6 Å². The number of anilines is 2. The van der Waals surface area contributed by atoms with Gasteiger partial charge in [-0.2, -0.15) is 10.1 Å². The van der Waals surface area contributed by atoms with E-state index in [1.165, 1.54) is 5.56 Å². The molecule has 2 rings (SSSR count). The minimum atomic E-state index is 0.563. The van der Waals surface area contributed by atoms with Crippen LogP contribution in [0.15, 0.2) is 30.5 Å². The first kappa shape index (κ1) is 16.5. The summed E-state index contributed by atoms with van der Waals surface area (Å²) in [7, 11) is 0. The van der Waals surface area contributed by atoms with Gasteiger partial charge in [-0.1, -0.05) is 37.6 Å². The van der Waals surface area contributed by atoms with E-state index in [-0.39, 0.29) is 0 Å². The first-order chi connectivity index (χ1) is 10.6. The zero-order chi connectivity index (χ0) is 15.8. The molecular weight excluding hydrogens is 298 g/mol. The second-order valence-electron chi connectivity index (χ2n) is 5.58. The van der Waals surface area contributed by atoms with E-state index < -0.39 is 0 Å². The maximum absolute atomic E-state index is 5.97. The first-order valence-electron chi connectivity index (χ1n) is 7.55. The minimum Gasteiger partial charge on any atom is -0.368 e. The summed E-state index contributed by atoms with van der Waals surface area (Å²) in [4.78, 5) is 4.40. The fraction of sp³-hybridized carbons (Fsp3) is 0.438. The fourth-order valence-corrected chi connectivity index (χ4v) is 2.18. The van der Waals surface area contributed by atoms with E-state index in [1.54, 1.807) is 6.20 Å². The lowest BCUT2D eigenvalue weighted by atomic mass is 10.1. The van der Waals surface area contributed by atoms with E-state index in [2.05, 4.69) is 45.7 Å². The number of benzene rings is 1. The number of hydrogen-bond donors (Lipinski definition) is 2.